The summed E-state index contributed by atoms with van der Waals surface area (Å²) < 4.78 is 39.3. The number of hydrogen-bond acceptors (Lipinski definition) is 6. The van der Waals surface area contributed by atoms with Crippen LogP contribution in [0.2, 0.25) is 0 Å². The Labute approximate surface area is 186 Å². The van der Waals surface area contributed by atoms with Crippen LogP contribution in [0.1, 0.15) is 15.9 Å². The van der Waals surface area contributed by atoms with E-state index in [1.165, 1.54) is 30.3 Å². The van der Waals surface area contributed by atoms with E-state index in [2.05, 4.69) is 26.0 Å². The molecule has 31 heavy (non-hydrogen) atoms. The molecule has 1 heterocycles. The number of benzene rings is 3. The van der Waals surface area contributed by atoms with Crippen LogP contribution in [0.15, 0.2) is 70.0 Å². The van der Waals surface area contributed by atoms with Crippen LogP contribution in [0, 0.1) is 11.3 Å². The summed E-state index contributed by atoms with van der Waals surface area (Å²) in [5.41, 5.74) is 0.843. The van der Waals surface area contributed by atoms with Crippen LogP contribution in [0.5, 0.6) is 11.5 Å². The molecule has 3 aromatic carbocycles. The molecule has 0 radical (unpaired) electrons. The minimum atomic E-state index is -4.15. The third-order valence-corrected chi connectivity index (χ3v) is 6.75. The van der Waals surface area contributed by atoms with Gasteiger partial charge in [-0.3, -0.25) is 9.52 Å². The number of nitrogens with one attached hydrogen (secondary N) is 2. The molecule has 1 amide bonds. The van der Waals surface area contributed by atoms with Crippen LogP contribution in [0.3, 0.4) is 0 Å². The van der Waals surface area contributed by atoms with Gasteiger partial charge in [0.05, 0.1) is 11.3 Å². The van der Waals surface area contributed by atoms with E-state index in [-0.39, 0.29) is 33.0 Å². The van der Waals surface area contributed by atoms with Crippen LogP contribution in [0.4, 0.5) is 11.4 Å². The third kappa shape index (κ3) is 4.33. The number of sulfonamides is 1. The zero-order valence-corrected chi connectivity index (χ0v) is 18.2. The topological polar surface area (TPSA) is 118 Å². The number of rotatable bonds is 5. The molecule has 156 valence electrons. The van der Waals surface area contributed by atoms with Crippen LogP contribution >= 0.6 is 15.9 Å². The lowest BCUT2D eigenvalue weighted by atomic mass is 10.2. The second-order valence-corrected chi connectivity index (χ2v) is 8.94. The SMILES string of the molecule is N#Cc1cc2c(cc1NS(=O)(=O)c1cc(C(=O)Nc3ccccc3)ccc1Br)OCO2. The van der Waals surface area contributed by atoms with E-state index in [0.29, 0.717) is 17.2 Å². The van der Waals surface area contributed by atoms with Gasteiger partial charge in [0.25, 0.3) is 15.9 Å². The summed E-state index contributed by atoms with van der Waals surface area (Å²) in [6.07, 6.45) is 0. The quantitative estimate of drug-likeness (QED) is 0.545. The molecule has 0 saturated carbocycles. The molecule has 0 saturated heterocycles. The Morgan fingerprint density at radius 1 is 1.03 bits per heavy atom. The van der Waals surface area contributed by atoms with Gasteiger partial charge < -0.3 is 14.8 Å². The van der Waals surface area contributed by atoms with Crippen molar-refractivity contribution in [1.29, 1.82) is 5.26 Å². The summed E-state index contributed by atoms with van der Waals surface area (Å²) in [5, 5.41) is 12.1. The minimum absolute atomic E-state index is 0.0134. The lowest BCUT2D eigenvalue weighted by Crippen LogP contribution is -2.17. The molecule has 1 aliphatic heterocycles. The van der Waals surface area contributed by atoms with E-state index < -0.39 is 15.9 Å². The summed E-state index contributed by atoms with van der Waals surface area (Å²) in [7, 11) is -4.15. The molecule has 0 bridgehead atoms. The molecule has 10 heteroatoms. The van der Waals surface area contributed by atoms with Crippen molar-refractivity contribution in [3.8, 4) is 17.6 Å². The van der Waals surface area contributed by atoms with Gasteiger partial charge in [0, 0.05) is 27.9 Å². The second kappa shape index (κ2) is 8.29. The molecule has 4 rings (SSSR count). The molecule has 2 N–H and O–H groups in total. The molecule has 3 aromatic rings. The second-order valence-electron chi connectivity index (χ2n) is 6.43. The van der Waals surface area contributed by atoms with Crippen LogP contribution in [-0.2, 0) is 10.0 Å². The summed E-state index contributed by atoms with van der Waals surface area (Å²) in [5.74, 6) is 0.225. The van der Waals surface area contributed by atoms with Gasteiger partial charge in [-0.05, 0) is 46.3 Å². The maximum atomic E-state index is 13.1. The monoisotopic (exact) mass is 499 g/mol. The molecular weight excluding hydrogens is 486 g/mol. The largest absolute Gasteiger partial charge is 0.454 e. The maximum absolute atomic E-state index is 13.1. The Morgan fingerprint density at radius 2 is 1.74 bits per heavy atom. The van der Waals surface area contributed by atoms with Crippen molar-refractivity contribution in [3.63, 3.8) is 0 Å². The van der Waals surface area contributed by atoms with Gasteiger partial charge in [0.15, 0.2) is 11.5 Å². The molecule has 1 aliphatic rings. The average molecular weight is 500 g/mol. The summed E-state index contributed by atoms with van der Waals surface area (Å²) in [6, 6.07) is 17.8. The van der Waals surface area contributed by atoms with Gasteiger partial charge in [-0.25, -0.2) is 8.42 Å². The Hall–Kier alpha value is -3.55. The lowest BCUT2D eigenvalue weighted by molar-refractivity contribution is 0.102. The molecule has 0 spiro atoms. The number of hydrogen-bond donors (Lipinski definition) is 2. The maximum Gasteiger partial charge on any atom is 0.263 e. The predicted molar refractivity (Wildman–Crippen MR) is 117 cm³/mol. The molecule has 8 nitrogen and oxygen atoms in total. The van der Waals surface area contributed by atoms with E-state index in [9.17, 15) is 18.5 Å². The fourth-order valence-corrected chi connectivity index (χ4v) is 4.96. The number of para-hydroxylation sites is 1. The van der Waals surface area contributed by atoms with Crippen LogP contribution in [0.25, 0.3) is 0 Å². The van der Waals surface area contributed by atoms with E-state index >= 15 is 0 Å². The normalized spacial score (nSPS) is 12.1. The number of ether oxygens (including phenoxy) is 2. The Morgan fingerprint density at radius 3 is 2.45 bits per heavy atom. The zero-order chi connectivity index (χ0) is 22.0. The summed E-state index contributed by atoms with van der Waals surface area (Å²) >= 11 is 3.22. The molecule has 0 aliphatic carbocycles. The van der Waals surface area contributed by atoms with E-state index in [0.717, 1.165) is 0 Å². The zero-order valence-electron chi connectivity index (χ0n) is 15.8. The fourth-order valence-electron chi connectivity index (χ4n) is 2.89. The van der Waals surface area contributed by atoms with Crippen molar-refractivity contribution in [2.45, 2.75) is 4.90 Å². The Bertz CT molecular complexity index is 1320. The minimum Gasteiger partial charge on any atom is -0.454 e. The van der Waals surface area contributed by atoms with E-state index in [1.54, 1.807) is 24.3 Å². The van der Waals surface area contributed by atoms with Crippen LogP contribution < -0.4 is 19.5 Å². The first kappa shape index (κ1) is 20.7. The van der Waals surface area contributed by atoms with Gasteiger partial charge in [-0.15, -0.1) is 0 Å². The summed E-state index contributed by atoms with van der Waals surface area (Å²) in [6.45, 7) is -0.0134. The fraction of sp³-hybridized carbons (Fsp3) is 0.0476. The summed E-state index contributed by atoms with van der Waals surface area (Å²) in [4.78, 5) is 12.4. The number of halogens is 1. The van der Waals surface area contributed by atoms with Gasteiger partial charge in [0.1, 0.15) is 11.0 Å². The molecule has 0 aromatic heterocycles. The van der Waals surface area contributed by atoms with Crippen molar-refractivity contribution in [3.05, 3.63) is 76.3 Å². The standard InChI is InChI=1S/C21H14BrN3O5S/c22-16-7-6-13(21(26)24-15-4-2-1-3-5-15)9-20(16)31(27,28)25-17-10-19-18(29-12-30-19)8-14(17)11-23/h1-10,25H,12H2,(H,24,26). The van der Waals surface area contributed by atoms with Crippen molar-refractivity contribution < 1.29 is 22.7 Å². The van der Waals surface area contributed by atoms with Gasteiger partial charge in [-0.1, -0.05) is 18.2 Å². The van der Waals surface area contributed by atoms with Gasteiger partial charge in [-0.2, -0.15) is 5.26 Å². The number of carbonyl (C=O) groups excluding carboxylic acids is 1. The first-order valence-electron chi connectivity index (χ1n) is 8.90. The lowest BCUT2D eigenvalue weighted by Gasteiger charge is -2.13. The third-order valence-electron chi connectivity index (χ3n) is 4.39. The molecule has 0 fully saturated rings. The number of anilines is 2. The van der Waals surface area contributed by atoms with Crippen molar-refractivity contribution in [1.82, 2.24) is 0 Å². The van der Waals surface area contributed by atoms with Gasteiger partial charge in [0.2, 0.25) is 6.79 Å². The average Bonchev–Trinajstić information content (AvgIpc) is 3.21. The Kier molecular flexibility index (Phi) is 5.54. The highest BCUT2D eigenvalue weighted by atomic mass is 79.9. The van der Waals surface area contributed by atoms with Crippen molar-refractivity contribution in [2.75, 3.05) is 16.8 Å². The first-order valence-corrected chi connectivity index (χ1v) is 11.2. The van der Waals surface area contributed by atoms with Gasteiger partial charge >= 0.3 is 0 Å². The smallest absolute Gasteiger partial charge is 0.263 e. The molecule has 0 unspecified atom stereocenters. The van der Waals surface area contributed by atoms with Crippen molar-refractivity contribution in [2.24, 2.45) is 0 Å². The highest BCUT2D eigenvalue weighted by molar-refractivity contribution is 9.10. The van der Waals surface area contributed by atoms with E-state index in [1.807, 2.05) is 12.1 Å². The van der Waals surface area contributed by atoms with E-state index in [4.69, 9.17) is 9.47 Å². The highest BCUT2D eigenvalue weighted by Crippen LogP contribution is 2.38. The number of fused-ring (bicyclic) bond motifs is 1. The number of amides is 1. The first-order chi connectivity index (χ1) is 14.9. The predicted octanol–water partition coefficient (Wildman–Crippen LogP) is 4.10. The Balaban J connectivity index is 1.65. The molecule has 0 atom stereocenters. The van der Waals surface area contributed by atoms with Crippen LogP contribution in [-0.4, -0.2) is 21.1 Å². The number of nitriles is 1. The van der Waals surface area contributed by atoms with Crippen molar-refractivity contribution >= 4 is 43.2 Å². The number of nitrogens with zero attached hydrogens (tertiary/aromatic N) is 1. The number of carbonyl (C=O) groups is 1. The highest BCUT2D eigenvalue weighted by Gasteiger charge is 2.24. The molecular formula is C21H14BrN3O5S.